The number of rotatable bonds is 2. The molecule has 144 valence electrons. The second-order valence-corrected chi connectivity index (χ2v) is 9.37. The van der Waals surface area contributed by atoms with Gasteiger partial charge in [0.15, 0.2) is 5.78 Å². The topological polar surface area (TPSA) is 98.0 Å². The van der Waals surface area contributed by atoms with E-state index in [1.807, 2.05) is 13.0 Å². The molecule has 0 spiro atoms. The monoisotopic (exact) mass is 362 g/mol. The molecule has 0 aromatic carbocycles. The summed E-state index contributed by atoms with van der Waals surface area (Å²) in [7, 11) is 0. The minimum absolute atomic E-state index is 0.0125. The highest BCUT2D eigenvalue weighted by atomic mass is 16.4. The highest BCUT2D eigenvalue weighted by Gasteiger charge is 2.67. The third kappa shape index (κ3) is 2.15. The highest BCUT2D eigenvalue weighted by molar-refractivity contribution is 6.01. The molecule has 0 aromatic rings. The fourth-order valence-corrected chi connectivity index (χ4v) is 7.06. The lowest BCUT2D eigenvalue weighted by atomic mass is 9.46. The molecular weight excluding hydrogens is 332 g/mol. The maximum atomic E-state index is 11.8. The van der Waals surface area contributed by atoms with Crippen LogP contribution in [0.25, 0.3) is 0 Å². The molecule has 0 amide bonds. The average Bonchev–Trinajstić information content (AvgIpc) is 2.86. The number of allylic oxidation sites excluding steroid dienone is 4. The van der Waals surface area contributed by atoms with Crippen molar-refractivity contribution in [2.24, 2.45) is 28.6 Å². The summed E-state index contributed by atoms with van der Waals surface area (Å²) in [6, 6.07) is 0. The SMILES string of the molecule is C[C@@]12C=CC(=O)C=C1CC[C@H]1[C@H]2[C@H](O)C[C@]2(C)[C@@H]1CC[C@@]2(O)[C@@H](O)CO. The van der Waals surface area contributed by atoms with Crippen LogP contribution in [0.3, 0.4) is 0 Å². The van der Waals surface area contributed by atoms with Crippen molar-refractivity contribution < 1.29 is 25.2 Å². The van der Waals surface area contributed by atoms with E-state index in [0.29, 0.717) is 12.8 Å². The molecule has 5 nitrogen and oxygen atoms in total. The van der Waals surface area contributed by atoms with Gasteiger partial charge in [0.2, 0.25) is 0 Å². The molecule has 4 aliphatic carbocycles. The van der Waals surface area contributed by atoms with E-state index < -0.39 is 29.8 Å². The zero-order valence-corrected chi connectivity index (χ0v) is 15.6. The predicted octanol–water partition coefficient (Wildman–Crippen LogP) is 1.35. The van der Waals surface area contributed by atoms with Gasteiger partial charge in [0.25, 0.3) is 0 Å². The Balaban J connectivity index is 1.74. The molecule has 4 N–H and O–H groups in total. The first-order chi connectivity index (χ1) is 12.2. The normalized spacial score (nSPS) is 51.3. The summed E-state index contributed by atoms with van der Waals surface area (Å²) in [6.45, 7) is 3.61. The minimum Gasteiger partial charge on any atom is -0.394 e. The lowest BCUT2D eigenvalue weighted by molar-refractivity contribution is -0.204. The first kappa shape index (κ1) is 18.4. The standard InChI is InChI=1S/C21H30O5/c1-19-7-5-13(23)9-12(19)3-4-14-15-6-8-21(26,17(25)11-22)20(15,2)10-16(24)18(14)19/h5,7,9,14-18,22,24-26H,3-4,6,8,10-11H2,1-2H3/t14-,15-,16-,17+,18+,19-,20-,21-/m1/s1. The third-order valence-electron chi connectivity index (χ3n) is 8.44. The number of hydrogen-bond acceptors (Lipinski definition) is 5. The molecule has 4 aliphatic rings. The fourth-order valence-electron chi connectivity index (χ4n) is 7.06. The predicted molar refractivity (Wildman–Crippen MR) is 96.0 cm³/mol. The van der Waals surface area contributed by atoms with Gasteiger partial charge in [0.05, 0.1) is 18.3 Å². The third-order valence-corrected chi connectivity index (χ3v) is 8.44. The molecule has 26 heavy (non-hydrogen) atoms. The van der Waals surface area contributed by atoms with Crippen molar-refractivity contribution in [2.75, 3.05) is 6.61 Å². The Morgan fingerprint density at radius 1 is 1.31 bits per heavy atom. The zero-order chi connectivity index (χ0) is 18.9. The number of carbonyl (C=O) groups excluding carboxylic acids is 1. The van der Waals surface area contributed by atoms with Crippen molar-refractivity contribution in [3.05, 3.63) is 23.8 Å². The number of carbonyl (C=O) groups is 1. The molecule has 0 bridgehead atoms. The average molecular weight is 362 g/mol. The molecule has 0 aliphatic heterocycles. The van der Waals surface area contributed by atoms with E-state index in [9.17, 15) is 25.2 Å². The van der Waals surface area contributed by atoms with Gasteiger partial charge < -0.3 is 20.4 Å². The van der Waals surface area contributed by atoms with E-state index in [-0.39, 0.29) is 29.0 Å². The van der Waals surface area contributed by atoms with Gasteiger partial charge in [-0.3, -0.25) is 4.79 Å². The molecule has 5 heteroatoms. The molecule has 3 saturated carbocycles. The van der Waals surface area contributed by atoms with Crippen molar-refractivity contribution in [3.63, 3.8) is 0 Å². The van der Waals surface area contributed by atoms with E-state index in [4.69, 9.17) is 0 Å². The molecule has 0 saturated heterocycles. The molecule has 4 rings (SSSR count). The molecule has 3 fully saturated rings. The van der Waals surface area contributed by atoms with Crippen LogP contribution in [-0.4, -0.2) is 50.6 Å². The quantitative estimate of drug-likeness (QED) is 0.594. The van der Waals surface area contributed by atoms with Crippen molar-refractivity contribution >= 4 is 5.78 Å². The van der Waals surface area contributed by atoms with E-state index >= 15 is 0 Å². The van der Waals surface area contributed by atoms with E-state index in [2.05, 4.69) is 6.92 Å². The number of hydrogen-bond donors (Lipinski definition) is 4. The van der Waals surface area contributed by atoms with Gasteiger partial charge >= 0.3 is 0 Å². The van der Waals surface area contributed by atoms with Gasteiger partial charge in [-0.1, -0.05) is 25.5 Å². The van der Waals surface area contributed by atoms with E-state index in [0.717, 1.165) is 24.8 Å². The Kier molecular flexibility index (Phi) is 4.05. The van der Waals surface area contributed by atoms with Gasteiger partial charge in [0, 0.05) is 16.7 Å². The Morgan fingerprint density at radius 3 is 2.73 bits per heavy atom. The van der Waals surface area contributed by atoms with E-state index in [1.165, 1.54) is 0 Å². The van der Waals surface area contributed by atoms with E-state index in [1.54, 1.807) is 12.2 Å². The minimum atomic E-state index is -1.37. The number of fused-ring (bicyclic) bond motifs is 5. The van der Waals surface area contributed by atoms with Crippen LogP contribution in [0.1, 0.15) is 46.0 Å². The van der Waals surface area contributed by atoms with Crippen LogP contribution in [0.15, 0.2) is 23.8 Å². The van der Waals surface area contributed by atoms with Gasteiger partial charge in [-0.25, -0.2) is 0 Å². The Hall–Kier alpha value is -1.01. The van der Waals surface area contributed by atoms with Crippen molar-refractivity contribution in [1.29, 1.82) is 0 Å². The fraction of sp³-hybridized carbons (Fsp3) is 0.762. The second-order valence-electron chi connectivity index (χ2n) is 9.37. The summed E-state index contributed by atoms with van der Waals surface area (Å²) in [4.78, 5) is 11.8. The van der Waals surface area contributed by atoms with Gasteiger partial charge in [-0.15, -0.1) is 0 Å². The zero-order valence-electron chi connectivity index (χ0n) is 15.6. The summed E-state index contributed by atoms with van der Waals surface area (Å²) in [6.07, 6.45) is 6.85. The highest BCUT2D eigenvalue weighted by Crippen LogP contribution is 2.67. The summed E-state index contributed by atoms with van der Waals surface area (Å²) in [5, 5.41) is 42.2. The molecule has 0 heterocycles. The van der Waals surface area contributed by atoms with Crippen molar-refractivity contribution in [2.45, 2.75) is 63.8 Å². The van der Waals surface area contributed by atoms with Crippen molar-refractivity contribution in [1.82, 2.24) is 0 Å². The second kappa shape index (κ2) is 5.74. The van der Waals surface area contributed by atoms with Crippen LogP contribution in [0.4, 0.5) is 0 Å². The molecule has 0 aromatic heterocycles. The number of aliphatic hydroxyl groups is 4. The van der Waals surface area contributed by atoms with Crippen LogP contribution < -0.4 is 0 Å². The Labute approximate surface area is 154 Å². The smallest absolute Gasteiger partial charge is 0.178 e. The molecule has 8 atom stereocenters. The van der Waals surface area contributed by atoms with Crippen LogP contribution in [-0.2, 0) is 4.79 Å². The summed E-state index contributed by atoms with van der Waals surface area (Å²) >= 11 is 0. The van der Waals surface area contributed by atoms with Gasteiger partial charge in [0.1, 0.15) is 6.10 Å². The summed E-state index contributed by atoms with van der Waals surface area (Å²) in [5.74, 6) is 0.445. The molecule has 0 radical (unpaired) electrons. The first-order valence-electron chi connectivity index (χ1n) is 9.81. The Morgan fingerprint density at radius 2 is 2.04 bits per heavy atom. The maximum absolute atomic E-state index is 11.8. The number of ketones is 1. The molecule has 0 unspecified atom stereocenters. The van der Waals surface area contributed by atoms with Crippen molar-refractivity contribution in [3.8, 4) is 0 Å². The van der Waals surface area contributed by atoms with Crippen LogP contribution >= 0.6 is 0 Å². The summed E-state index contributed by atoms with van der Waals surface area (Å²) in [5.41, 5.74) is -1.21. The van der Waals surface area contributed by atoms with Crippen LogP contribution in [0.2, 0.25) is 0 Å². The lowest BCUT2D eigenvalue weighted by Crippen LogP contribution is -2.62. The molecular formula is C21H30O5. The van der Waals surface area contributed by atoms with Crippen LogP contribution in [0, 0.1) is 28.6 Å². The summed E-state index contributed by atoms with van der Waals surface area (Å²) < 4.78 is 0. The largest absolute Gasteiger partial charge is 0.394 e. The number of aliphatic hydroxyl groups excluding tert-OH is 3. The van der Waals surface area contributed by atoms with Gasteiger partial charge in [-0.2, -0.15) is 0 Å². The first-order valence-corrected chi connectivity index (χ1v) is 9.81. The Bertz CT molecular complexity index is 684. The van der Waals surface area contributed by atoms with Gasteiger partial charge in [-0.05, 0) is 56.1 Å². The lowest BCUT2D eigenvalue weighted by Gasteiger charge is -2.60. The maximum Gasteiger partial charge on any atom is 0.178 e. The van der Waals surface area contributed by atoms with Crippen LogP contribution in [0.5, 0.6) is 0 Å².